The first kappa shape index (κ1) is 26.9. The summed E-state index contributed by atoms with van der Waals surface area (Å²) in [5, 5.41) is 28.8. The van der Waals surface area contributed by atoms with Crippen molar-refractivity contribution in [3.63, 3.8) is 0 Å². The van der Waals surface area contributed by atoms with Crippen molar-refractivity contribution in [1.82, 2.24) is 15.1 Å². The van der Waals surface area contributed by atoms with Crippen LogP contribution in [0.2, 0.25) is 0 Å². The molecule has 208 valence electrons. The predicted molar refractivity (Wildman–Crippen MR) is 151 cm³/mol. The lowest BCUT2D eigenvalue weighted by Gasteiger charge is -2.27. The third-order valence-corrected chi connectivity index (χ3v) is 7.25. The smallest absolute Gasteiger partial charge is 0.273 e. The Hall–Kier alpha value is -4.66. The predicted octanol–water partition coefficient (Wildman–Crippen LogP) is 5.31. The van der Waals surface area contributed by atoms with Gasteiger partial charge < -0.3 is 29.3 Å². The SMILES string of the molecule is CCOc1cc(C2c3c(-c4c(C)cc(C)cc4O)n[nH]c3C(=O)N2CCc2ccc(OC)c(OC)c2)ccc1O. The number of phenolic OH excluding ortho intramolecular Hbond substituents is 2. The Morgan fingerprint density at radius 1 is 0.950 bits per heavy atom. The molecule has 40 heavy (non-hydrogen) atoms. The minimum absolute atomic E-state index is 0.0199. The van der Waals surface area contributed by atoms with E-state index in [0.717, 1.165) is 22.3 Å². The van der Waals surface area contributed by atoms with Crippen LogP contribution in [0.5, 0.6) is 28.7 Å². The topological polar surface area (TPSA) is 117 Å². The van der Waals surface area contributed by atoms with E-state index in [9.17, 15) is 15.0 Å². The Labute approximate surface area is 232 Å². The number of aryl methyl sites for hydroxylation is 2. The molecule has 1 aliphatic rings. The average molecular weight is 544 g/mol. The fourth-order valence-electron chi connectivity index (χ4n) is 5.48. The number of hydrogen-bond donors (Lipinski definition) is 3. The van der Waals surface area contributed by atoms with Crippen LogP contribution in [0.1, 0.15) is 51.3 Å². The number of amides is 1. The maximum absolute atomic E-state index is 13.8. The second kappa shape index (κ2) is 10.8. The number of carbonyl (C=O) groups excluding carboxylic acids is 1. The number of nitrogens with one attached hydrogen (secondary N) is 1. The van der Waals surface area contributed by atoms with E-state index in [1.54, 1.807) is 43.4 Å². The lowest BCUT2D eigenvalue weighted by Crippen LogP contribution is -2.31. The van der Waals surface area contributed by atoms with Crippen LogP contribution < -0.4 is 14.2 Å². The van der Waals surface area contributed by atoms with Crippen molar-refractivity contribution >= 4 is 5.91 Å². The van der Waals surface area contributed by atoms with E-state index in [2.05, 4.69) is 10.2 Å². The van der Waals surface area contributed by atoms with E-state index in [-0.39, 0.29) is 17.4 Å². The summed E-state index contributed by atoms with van der Waals surface area (Å²) in [6.07, 6.45) is 0.556. The highest BCUT2D eigenvalue weighted by Gasteiger charge is 2.42. The number of phenols is 2. The molecule has 5 rings (SSSR count). The molecule has 3 N–H and O–H groups in total. The summed E-state index contributed by atoms with van der Waals surface area (Å²) in [7, 11) is 3.18. The number of H-pyrrole nitrogens is 1. The van der Waals surface area contributed by atoms with Crippen molar-refractivity contribution in [2.24, 2.45) is 0 Å². The highest BCUT2D eigenvalue weighted by Crippen LogP contribution is 2.47. The molecule has 9 nitrogen and oxygen atoms in total. The minimum Gasteiger partial charge on any atom is -0.507 e. The monoisotopic (exact) mass is 543 g/mol. The van der Waals surface area contributed by atoms with Gasteiger partial charge in [-0.05, 0) is 79.8 Å². The van der Waals surface area contributed by atoms with Crippen LogP contribution in [0.4, 0.5) is 0 Å². The molecule has 1 atom stereocenters. The van der Waals surface area contributed by atoms with Gasteiger partial charge in [0, 0.05) is 17.7 Å². The molecule has 0 saturated heterocycles. The van der Waals surface area contributed by atoms with Crippen LogP contribution in [0.15, 0.2) is 48.5 Å². The highest BCUT2D eigenvalue weighted by molar-refractivity contribution is 6.00. The lowest BCUT2D eigenvalue weighted by atomic mass is 9.93. The van der Waals surface area contributed by atoms with Gasteiger partial charge in [-0.2, -0.15) is 5.10 Å². The van der Waals surface area contributed by atoms with E-state index in [0.29, 0.717) is 59.3 Å². The van der Waals surface area contributed by atoms with Crippen molar-refractivity contribution in [2.45, 2.75) is 33.2 Å². The number of nitrogens with zero attached hydrogens (tertiary/aromatic N) is 2. The molecule has 1 amide bonds. The Balaban J connectivity index is 1.60. The molecule has 2 heterocycles. The molecule has 0 aliphatic carbocycles. The number of aromatic nitrogens is 2. The fourth-order valence-corrected chi connectivity index (χ4v) is 5.48. The highest BCUT2D eigenvalue weighted by atomic mass is 16.5. The summed E-state index contributed by atoms with van der Waals surface area (Å²) in [6.45, 7) is 6.44. The van der Waals surface area contributed by atoms with Crippen LogP contribution in [-0.4, -0.2) is 58.6 Å². The molecule has 1 unspecified atom stereocenters. The van der Waals surface area contributed by atoms with E-state index >= 15 is 0 Å². The number of ether oxygens (including phenoxy) is 3. The summed E-state index contributed by atoms with van der Waals surface area (Å²) in [6, 6.07) is 14.0. The van der Waals surface area contributed by atoms with Gasteiger partial charge in [0.15, 0.2) is 23.0 Å². The van der Waals surface area contributed by atoms with Crippen molar-refractivity contribution in [3.8, 4) is 40.0 Å². The third-order valence-electron chi connectivity index (χ3n) is 7.25. The minimum atomic E-state index is -0.531. The molecular formula is C31H33N3O6. The third kappa shape index (κ3) is 4.68. The summed E-state index contributed by atoms with van der Waals surface area (Å²) in [5.74, 6) is 1.50. The number of methoxy groups -OCH3 is 2. The van der Waals surface area contributed by atoms with Gasteiger partial charge in [-0.3, -0.25) is 9.89 Å². The van der Waals surface area contributed by atoms with Crippen LogP contribution >= 0.6 is 0 Å². The lowest BCUT2D eigenvalue weighted by molar-refractivity contribution is 0.0745. The van der Waals surface area contributed by atoms with Gasteiger partial charge in [0.05, 0.1) is 26.9 Å². The Morgan fingerprint density at radius 2 is 1.73 bits per heavy atom. The summed E-state index contributed by atoms with van der Waals surface area (Å²) < 4.78 is 16.5. The number of aromatic amines is 1. The van der Waals surface area contributed by atoms with Gasteiger partial charge in [0.2, 0.25) is 0 Å². The standard InChI is InChI=1S/C31H33N3O6/c1-6-40-24-16-20(8-9-21(24)35)30-27-28(26-18(3)13-17(2)14-22(26)36)32-33-29(27)31(37)34(30)12-11-19-7-10-23(38-4)25(15-19)39-5/h7-10,13-16,30,35-36H,6,11-12H2,1-5H3,(H,32,33). The number of benzene rings is 3. The van der Waals surface area contributed by atoms with E-state index in [4.69, 9.17) is 14.2 Å². The Morgan fingerprint density at radius 3 is 2.42 bits per heavy atom. The van der Waals surface area contributed by atoms with Crippen LogP contribution in [0, 0.1) is 13.8 Å². The zero-order chi connectivity index (χ0) is 28.6. The molecule has 0 bridgehead atoms. The van der Waals surface area contributed by atoms with Gasteiger partial charge in [-0.15, -0.1) is 0 Å². The number of rotatable bonds is 9. The van der Waals surface area contributed by atoms with Crippen molar-refractivity contribution in [1.29, 1.82) is 0 Å². The Bertz CT molecular complexity index is 1550. The fraction of sp³-hybridized carbons (Fsp3) is 0.290. The first-order valence-electron chi connectivity index (χ1n) is 13.1. The molecular weight excluding hydrogens is 510 g/mol. The molecule has 1 aliphatic heterocycles. The summed E-state index contributed by atoms with van der Waals surface area (Å²) >= 11 is 0. The van der Waals surface area contributed by atoms with Crippen LogP contribution in [0.3, 0.4) is 0 Å². The zero-order valence-corrected chi connectivity index (χ0v) is 23.2. The maximum atomic E-state index is 13.8. The van der Waals surface area contributed by atoms with Crippen molar-refractivity contribution in [3.05, 3.63) is 82.0 Å². The van der Waals surface area contributed by atoms with Gasteiger partial charge in [0.25, 0.3) is 5.91 Å². The van der Waals surface area contributed by atoms with Crippen molar-refractivity contribution in [2.75, 3.05) is 27.4 Å². The van der Waals surface area contributed by atoms with Crippen LogP contribution in [0.25, 0.3) is 11.3 Å². The van der Waals surface area contributed by atoms with Gasteiger partial charge in [0.1, 0.15) is 17.1 Å². The normalized spacial score (nSPS) is 14.4. The first-order chi connectivity index (χ1) is 19.3. The molecule has 4 aromatic rings. The van der Waals surface area contributed by atoms with Gasteiger partial charge in [-0.1, -0.05) is 18.2 Å². The largest absolute Gasteiger partial charge is 0.507 e. The zero-order valence-electron chi connectivity index (χ0n) is 23.2. The van der Waals surface area contributed by atoms with Gasteiger partial charge in [-0.25, -0.2) is 0 Å². The second-order valence-electron chi connectivity index (χ2n) is 9.84. The number of hydrogen-bond acceptors (Lipinski definition) is 7. The Kier molecular flexibility index (Phi) is 7.30. The summed E-state index contributed by atoms with van der Waals surface area (Å²) in [4.78, 5) is 15.6. The second-order valence-corrected chi connectivity index (χ2v) is 9.84. The van der Waals surface area contributed by atoms with E-state index in [1.807, 2.05) is 45.0 Å². The maximum Gasteiger partial charge on any atom is 0.273 e. The quantitative estimate of drug-likeness (QED) is 0.262. The molecule has 0 saturated carbocycles. The van der Waals surface area contributed by atoms with E-state index < -0.39 is 6.04 Å². The van der Waals surface area contributed by atoms with Gasteiger partial charge >= 0.3 is 0 Å². The first-order valence-corrected chi connectivity index (χ1v) is 13.1. The molecule has 3 aromatic carbocycles. The molecule has 1 aromatic heterocycles. The number of fused-ring (bicyclic) bond motifs is 1. The van der Waals surface area contributed by atoms with Crippen molar-refractivity contribution < 1.29 is 29.2 Å². The molecule has 0 fully saturated rings. The molecule has 0 spiro atoms. The molecule has 0 radical (unpaired) electrons. The molecule has 9 heteroatoms. The number of aromatic hydroxyl groups is 2. The van der Waals surface area contributed by atoms with E-state index in [1.165, 1.54) is 0 Å². The average Bonchev–Trinajstić information content (AvgIpc) is 3.46. The number of carbonyl (C=O) groups is 1. The summed E-state index contributed by atoms with van der Waals surface area (Å²) in [5.41, 5.74) is 5.65. The van der Waals surface area contributed by atoms with Crippen LogP contribution in [-0.2, 0) is 6.42 Å².